The minimum atomic E-state index is 0. The number of guanidine groups is 1. The van der Waals surface area contributed by atoms with Crippen LogP contribution in [0.3, 0.4) is 0 Å². The topological polar surface area (TPSA) is 64.1 Å². The lowest BCUT2D eigenvalue weighted by atomic mass is 9.51. The Labute approximate surface area is 175 Å². The molecule has 1 spiro atoms. The molecule has 0 amide bonds. The maximum Gasteiger partial charge on any atom is 0.191 e. The van der Waals surface area contributed by atoms with Crippen LogP contribution in [0.1, 0.15) is 52.4 Å². The highest BCUT2D eigenvalue weighted by atomic mass is 127. The first-order valence-electron chi connectivity index (χ1n) is 10.1. The molecule has 1 aliphatic heterocycles. The monoisotopic (exact) mass is 481 g/mol. The van der Waals surface area contributed by atoms with Gasteiger partial charge in [-0.2, -0.15) is 0 Å². The summed E-state index contributed by atoms with van der Waals surface area (Å²) in [5.41, 5.74) is 0.350. The van der Waals surface area contributed by atoms with Crippen LogP contribution in [-0.2, 0) is 14.2 Å². The standard InChI is InChI=1S/C19H35N3O3.HI/c1-3-20-18(21-10-12-23-14-15-7-5-11-25-15)22-16-13-17(24-4-2)19(16)8-6-9-19;/h15-17H,3-14H2,1-2H3,(H2,20,21,22);1H. The van der Waals surface area contributed by atoms with Crippen LogP contribution in [-0.4, -0.2) is 63.7 Å². The Balaban J connectivity index is 0.00000243. The van der Waals surface area contributed by atoms with Crippen LogP contribution in [0.25, 0.3) is 0 Å². The molecule has 2 aliphatic carbocycles. The van der Waals surface area contributed by atoms with E-state index in [4.69, 9.17) is 14.2 Å². The molecule has 3 fully saturated rings. The van der Waals surface area contributed by atoms with Crippen molar-refractivity contribution in [2.75, 3.05) is 39.5 Å². The van der Waals surface area contributed by atoms with E-state index in [1.807, 2.05) is 0 Å². The number of ether oxygens (including phenoxy) is 3. The summed E-state index contributed by atoms with van der Waals surface area (Å²) >= 11 is 0. The molecule has 1 heterocycles. The van der Waals surface area contributed by atoms with Gasteiger partial charge < -0.3 is 24.8 Å². The number of hydrogen-bond donors (Lipinski definition) is 2. The summed E-state index contributed by atoms with van der Waals surface area (Å²) in [6, 6.07) is 0.489. The second kappa shape index (κ2) is 11.0. The van der Waals surface area contributed by atoms with Gasteiger partial charge in [0.25, 0.3) is 0 Å². The normalized spacial score (nSPS) is 29.6. The first-order chi connectivity index (χ1) is 12.3. The van der Waals surface area contributed by atoms with Crippen LogP contribution < -0.4 is 10.6 Å². The van der Waals surface area contributed by atoms with Crippen LogP contribution in [0.4, 0.5) is 0 Å². The minimum Gasteiger partial charge on any atom is -0.378 e. The second-order valence-electron chi connectivity index (χ2n) is 7.43. The number of rotatable bonds is 9. The summed E-state index contributed by atoms with van der Waals surface area (Å²) in [5.74, 6) is 0.912. The van der Waals surface area contributed by atoms with Crippen LogP contribution >= 0.6 is 24.0 Å². The zero-order chi connectivity index (χ0) is 17.5. The van der Waals surface area contributed by atoms with Gasteiger partial charge in [-0.3, -0.25) is 4.99 Å². The van der Waals surface area contributed by atoms with E-state index in [-0.39, 0.29) is 24.0 Å². The molecule has 26 heavy (non-hydrogen) atoms. The van der Waals surface area contributed by atoms with Crippen molar-refractivity contribution < 1.29 is 14.2 Å². The molecule has 152 valence electrons. The lowest BCUT2D eigenvalue weighted by Crippen LogP contribution is -2.68. The maximum absolute atomic E-state index is 5.94. The highest BCUT2D eigenvalue weighted by molar-refractivity contribution is 14.0. The average molecular weight is 481 g/mol. The molecular weight excluding hydrogens is 445 g/mol. The molecule has 3 atom stereocenters. The summed E-state index contributed by atoms with van der Waals surface area (Å²) in [6.45, 7) is 8.79. The Hall–Kier alpha value is -0.120. The van der Waals surface area contributed by atoms with Gasteiger partial charge in [0, 0.05) is 31.2 Å². The van der Waals surface area contributed by atoms with Gasteiger partial charge in [-0.15, -0.1) is 24.0 Å². The maximum atomic E-state index is 5.94. The van der Waals surface area contributed by atoms with Crippen molar-refractivity contribution in [3.8, 4) is 0 Å². The first-order valence-corrected chi connectivity index (χ1v) is 10.1. The van der Waals surface area contributed by atoms with Crippen molar-refractivity contribution in [3.63, 3.8) is 0 Å². The number of aliphatic imine (C=N–C) groups is 1. The first kappa shape index (κ1) is 22.2. The molecule has 3 rings (SSSR count). The molecule has 0 aromatic heterocycles. The summed E-state index contributed by atoms with van der Waals surface area (Å²) in [5, 5.41) is 7.01. The van der Waals surface area contributed by atoms with Crippen LogP contribution in [0.2, 0.25) is 0 Å². The van der Waals surface area contributed by atoms with Gasteiger partial charge in [0.2, 0.25) is 0 Å². The minimum absolute atomic E-state index is 0. The SMILES string of the molecule is CCNC(=NCCOCC1CCCO1)NC1CC(OCC)C12CCC2.I. The van der Waals surface area contributed by atoms with Gasteiger partial charge in [-0.1, -0.05) is 6.42 Å². The van der Waals surface area contributed by atoms with Crippen molar-refractivity contribution in [2.24, 2.45) is 10.4 Å². The Morgan fingerprint density at radius 1 is 1.27 bits per heavy atom. The smallest absolute Gasteiger partial charge is 0.191 e. The van der Waals surface area contributed by atoms with E-state index in [0.29, 0.717) is 43.4 Å². The van der Waals surface area contributed by atoms with Crippen molar-refractivity contribution in [3.05, 3.63) is 0 Å². The predicted molar refractivity (Wildman–Crippen MR) is 114 cm³/mol. The van der Waals surface area contributed by atoms with Crippen molar-refractivity contribution >= 4 is 29.9 Å². The lowest BCUT2D eigenvalue weighted by Gasteiger charge is -2.61. The third-order valence-electron chi connectivity index (χ3n) is 5.93. The molecule has 0 bridgehead atoms. The molecular formula is C19H36IN3O3. The Bertz CT molecular complexity index is 440. The third kappa shape index (κ3) is 5.23. The predicted octanol–water partition coefficient (Wildman–Crippen LogP) is 2.70. The number of nitrogens with zero attached hydrogens (tertiary/aromatic N) is 1. The zero-order valence-corrected chi connectivity index (χ0v) is 18.6. The Morgan fingerprint density at radius 3 is 2.73 bits per heavy atom. The molecule has 2 N–H and O–H groups in total. The number of halogens is 1. The third-order valence-corrected chi connectivity index (χ3v) is 5.93. The van der Waals surface area contributed by atoms with Crippen molar-refractivity contribution in [2.45, 2.75) is 70.6 Å². The molecule has 3 aliphatic rings. The van der Waals surface area contributed by atoms with Gasteiger partial charge in [0.05, 0.1) is 32.0 Å². The fourth-order valence-corrected chi connectivity index (χ4v) is 4.34. The van der Waals surface area contributed by atoms with Gasteiger partial charge in [0.1, 0.15) is 0 Å². The molecule has 2 saturated carbocycles. The highest BCUT2D eigenvalue weighted by Crippen LogP contribution is 2.57. The largest absolute Gasteiger partial charge is 0.378 e. The van der Waals surface area contributed by atoms with E-state index < -0.39 is 0 Å². The molecule has 0 aromatic rings. The molecule has 0 aromatic carbocycles. The average Bonchev–Trinajstić information content (AvgIpc) is 3.05. The summed E-state index contributed by atoms with van der Waals surface area (Å²) < 4.78 is 17.2. The van der Waals surface area contributed by atoms with Gasteiger partial charge in [0.15, 0.2) is 5.96 Å². The summed E-state index contributed by atoms with van der Waals surface area (Å²) in [6.07, 6.45) is 7.98. The summed E-state index contributed by atoms with van der Waals surface area (Å²) in [4.78, 5) is 4.68. The molecule has 3 unspecified atom stereocenters. The van der Waals surface area contributed by atoms with Crippen molar-refractivity contribution in [1.82, 2.24) is 10.6 Å². The van der Waals surface area contributed by atoms with Gasteiger partial charge in [-0.05, 0) is 46.0 Å². The number of nitrogens with one attached hydrogen (secondary N) is 2. The fraction of sp³-hybridized carbons (Fsp3) is 0.947. The molecule has 6 nitrogen and oxygen atoms in total. The van der Waals surface area contributed by atoms with Gasteiger partial charge in [-0.25, -0.2) is 0 Å². The Kier molecular flexibility index (Phi) is 9.40. The van der Waals surface area contributed by atoms with E-state index in [1.54, 1.807) is 0 Å². The highest BCUT2D eigenvalue weighted by Gasteiger charge is 2.59. The molecule has 0 radical (unpaired) electrons. The zero-order valence-electron chi connectivity index (χ0n) is 16.3. The Morgan fingerprint density at radius 2 is 2.12 bits per heavy atom. The van der Waals surface area contributed by atoms with Crippen molar-refractivity contribution in [1.29, 1.82) is 0 Å². The van der Waals surface area contributed by atoms with E-state index in [9.17, 15) is 0 Å². The lowest BCUT2D eigenvalue weighted by molar-refractivity contribution is -0.168. The molecule has 1 saturated heterocycles. The van der Waals surface area contributed by atoms with E-state index in [0.717, 1.165) is 45.0 Å². The van der Waals surface area contributed by atoms with Crippen LogP contribution in [0.15, 0.2) is 4.99 Å². The number of hydrogen-bond acceptors (Lipinski definition) is 4. The summed E-state index contributed by atoms with van der Waals surface area (Å²) in [7, 11) is 0. The van der Waals surface area contributed by atoms with Crippen LogP contribution in [0.5, 0.6) is 0 Å². The van der Waals surface area contributed by atoms with E-state index >= 15 is 0 Å². The fourth-order valence-electron chi connectivity index (χ4n) is 4.34. The quantitative estimate of drug-likeness (QED) is 0.230. The van der Waals surface area contributed by atoms with E-state index in [2.05, 4.69) is 29.5 Å². The molecule has 7 heteroatoms. The van der Waals surface area contributed by atoms with E-state index in [1.165, 1.54) is 19.3 Å². The van der Waals surface area contributed by atoms with Crippen LogP contribution in [0, 0.1) is 5.41 Å². The van der Waals surface area contributed by atoms with Gasteiger partial charge >= 0.3 is 0 Å². The second-order valence-corrected chi connectivity index (χ2v) is 7.43.